The third-order valence-corrected chi connectivity index (χ3v) is 6.89. The number of anilines is 1. The molecule has 2 aromatic heterocycles. The van der Waals surface area contributed by atoms with Crippen molar-refractivity contribution in [1.82, 2.24) is 19.7 Å². The van der Waals surface area contributed by atoms with Crippen LogP contribution in [0.3, 0.4) is 0 Å². The van der Waals surface area contributed by atoms with E-state index in [0.717, 1.165) is 4.47 Å². The van der Waals surface area contributed by atoms with Crippen LogP contribution in [0.1, 0.15) is 11.3 Å². The average molecular weight is 573 g/mol. The number of sulfonamides is 1. The molecule has 0 radical (unpaired) electrons. The molecular formula is C23H21BrN6O5S. The smallest absolute Gasteiger partial charge is 0.280 e. The molecule has 36 heavy (non-hydrogen) atoms. The Kier molecular flexibility index (Phi) is 7.22. The molecule has 0 aliphatic rings. The van der Waals surface area contributed by atoms with Gasteiger partial charge in [-0.1, -0.05) is 15.9 Å². The van der Waals surface area contributed by atoms with Crippen LogP contribution in [0.2, 0.25) is 0 Å². The van der Waals surface area contributed by atoms with Crippen molar-refractivity contribution < 1.29 is 17.9 Å². The van der Waals surface area contributed by atoms with E-state index < -0.39 is 10.0 Å². The number of hydrogen-bond donors (Lipinski definition) is 2. The number of nitrogens with one attached hydrogen (secondary N) is 2. The SMILES string of the molecule is COc1cc(OC)nc(NS(=O)(=O)c2ccc(N=Cc3c(C)[nH]n(-c4ccc(Br)cc4)c3=O)cc2)n1. The summed E-state index contributed by atoms with van der Waals surface area (Å²) in [6.07, 6.45) is 1.45. The molecule has 11 nitrogen and oxygen atoms in total. The van der Waals surface area contributed by atoms with Crippen molar-refractivity contribution in [1.29, 1.82) is 0 Å². The second-order valence-corrected chi connectivity index (χ2v) is 10.00. The molecule has 2 heterocycles. The highest BCUT2D eigenvalue weighted by atomic mass is 79.9. The zero-order valence-corrected chi connectivity index (χ0v) is 21.8. The molecule has 4 rings (SSSR count). The van der Waals surface area contributed by atoms with Crippen LogP contribution in [0.4, 0.5) is 11.6 Å². The molecule has 0 fully saturated rings. The van der Waals surface area contributed by atoms with Gasteiger partial charge in [-0.15, -0.1) is 0 Å². The summed E-state index contributed by atoms with van der Waals surface area (Å²) in [6.45, 7) is 1.77. The second kappa shape index (κ2) is 10.3. The van der Waals surface area contributed by atoms with E-state index in [9.17, 15) is 13.2 Å². The van der Waals surface area contributed by atoms with Gasteiger partial charge >= 0.3 is 0 Å². The van der Waals surface area contributed by atoms with Crippen molar-refractivity contribution in [3.8, 4) is 17.4 Å². The molecule has 2 N–H and O–H groups in total. The Morgan fingerprint density at radius 3 is 2.22 bits per heavy atom. The molecule has 0 atom stereocenters. The molecule has 0 saturated carbocycles. The summed E-state index contributed by atoms with van der Waals surface area (Å²) in [5.74, 6) is 0.0882. The molecule has 0 bridgehead atoms. The molecule has 2 aromatic carbocycles. The van der Waals surface area contributed by atoms with Crippen molar-refractivity contribution in [3.63, 3.8) is 0 Å². The van der Waals surface area contributed by atoms with Crippen LogP contribution in [0, 0.1) is 6.92 Å². The molecule has 13 heteroatoms. The third-order valence-electron chi connectivity index (χ3n) is 5.01. The Morgan fingerprint density at radius 1 is 1.03 bits per heavy atom. The summed E-state index contributed by atoms with van der Waals surface area (Å²) < 4.78 is 40.3. The summed E-state index contributed by atoms with van der Waals surface area (Å²) in [6, 6.07) is 14.5. The van der Waals surface area contributed by atoms with Crippen molar-refractivity contribution >= 4 is 43.8 Å². The third kappa shape index (κ3) is 5.47. The van der Waals surface area contributed by atoms with Gasteiger partial charge in [-0.25, -0.2) is 17.8 Å². The number of hydrogen-bond acceptors (Lipinski definition) is 8. The van der Waals surface area contributed by atoms with Gasteiger partial charge in [-0.05, 0) is 55.5 Å². The van der Waals surface area contributed by atoms with Gasteiger partial charge in [0.25, 0.3) is 15.6 Å². The minimum Gasteiger partial charge on any atom is -0.481 e. The Morgan fingerprint density at radius 2 is 1.64 bits per heavy atom. The average Bonchev–Trinajstić information content (AvgIpc) is 3.15. The first-order valence-electron chi connectivity index (χ1n) is 10.4. The monoisotopic (exact) mass is 572 g/mol. The quantitative estimate of drug-likeness (QED) is 0.307. The fourth-order valence-corrected chi connectivity index (χ4v) is 4.38. The number of ether oxygens (including phenoxy) is 2. The molecule has 0 spiro atoms. The highest BCUT2D eigenvalue weighted by Gasteiger charge is 2.17. The molecule has 0 unspecified atom stereocenters. The number of aromatic amines is 1. The van der Waals surface area contributed by atoms with Gasteiger partial charge in [0.2, 0.25) is 17.7 Å². The Labute approximate surface area is 215 Å². The number of rotatable bonds is 8. The van der Waals surface area contributed by atoms with E-state index in [1.54, 1.807) is 6.92 Å². The fourth-order valence-electron chi connectivity index (χ4n) is 3.17. The molecule has 4 aromatic rings. The number of H-pyrrole nitrogens is 1. The highest BCUT2D eigenvalue weighted by Crippen LogP contribution is 2.22. The molecule has 0 aliphatic heterocycles. The lowest BCUT2D eigenvalue weighted by Crippen LogP contribution is -2.17. The fraction of sp³-hybridized carbons (Fsp3) is 0.130. The van der Waals surface area contributed by atoms with Crippen LogP contribution in [-0.2, 0) is 10.0 Å². The Bertz CT molecular complexity index is 1560. The summed E-state index contributed by atoms with van der Waals surface area (Å²) in [7, 11) is -1.20. The van der Waals surface area contributed by atoms with Crippen molar-refractivity contribution in [2.24, 2.45) is 4.99 Å². The van der Waals surface area contributed by atoms with Crippen LogP contribution < -0.4 is 19.8 Å². The first kappa shape index (κ1) is 25.1. The first-order chi connectivity index (χ1) is 17.2. The van der Waals surface area contributed by atoms with E-state index >= 15 is 0 Å². The number of aliphatic imine (C=N–C) groups is 1. The summed E-state index contributed by atoms with van der Waals surface area (Å²) in [5.41, 5.74) is 1.92. The molecule has 0 saturated heterocycles. The lowest BCUT2D eigenvalue weighted by Gasteiger charge is -2.09. The van der Waals surface area contributed by atoms with E-state index in [1.165, 1.54) is 55.4 Å². The predicted molar refractivity (Wildman–Crippen MR) is 138 cm³/mol. The van der Waals surface area contributed by atoms with Crippen molar-refractivity contribution in [2.45, 2.75) is 11.8 Å². The number of nitrogens with zero attached hydrogens (tertiary/aromatic N) is 4. The van der Waals surface area contributed by atoms with Crippen molar-refractivity contribution in [3.05, 3.63) is 80.7 Å². The van der Waals surface area contributed by atoms with Crippen LogP contribution in [0.15, 0.2) is 73.8 Å². The van der Waals surface area contributed by atoms with E-state index in [2.05, 4.69) is 40.7 Å². The number of methoxy groups -OCH3 is 2. The van der Waals surface area contributed by atoms with Gasteiger partial charge in [-0.3, -0.25) is 14.9 Å². The summed E-state index contributed by atoms with van der Waals surface area (Å²) in [5, 5.41) is 3.03. The van der Waals surface area contributed by atoms with Crippen LogP contribution in [0.5, 0.6) is 11.8 Å². The molecular weight excluding hydrogens is 552 g/mol. The van der Waals surface area contributed by atoms with E-state index in [0.29, 0.717) is 22.6 Å². The van der Waals surface area contributed by atoms with Gasteiger partial charge in [0, 0.05) is 16.4 Å². The zero-order valence-electron chi connectivity index (χ0n) is 19.4. The first-order valence-corrected chi connectivity index (χ1v) is 12.7. The summed E-state index contributed by atoms with van der Waals surface area (Å²) >= 11 is 3.38. The van der Waals surface area contributed by atoms with Gasteiger partial charge in [0.05, 0.1) is 42.1 Å². The Balaban J connectivity index is 1.54. The van der Waals surface area contributed by atoms with Crippen LogP contribution in [-0.4, -0.2) is 48.6 Å². The second-order valence-electron chi connectivity index (χ2n) is 7.40. The number of aryl methyl sites for hydroxylation is 1. The lowest BCUT2D eigenvalue weighted by molar-refractivity contribution is 0.373. The maximum absolute atomic E-state index is 12.9. The molecule has 186 valence electrons. The largest absolute Gasteiger partial charge is 0.481 e. The molecule has 0 amide bonds. The predicted octanol–water partition coefficient (Wildman–Crippen LogP) is 3.60. The van der Waals surface area contributed by atoms with Gasteiger partial charge in [0.15, 0.2) is 0 Å². The van der Waals surface area contributed by atoms with Gasteiger partial charge in [-0.2, -0.15) is 9.97 Å². The van der Waals surface area contributed by atoms with Crippen LogP contribution >= 0.6 is 15.9 Å². The van der Waals surface area contributed by atoms with Crippen LogP contribution in [0.25, 0.3) is 5.69 Å². The molecule has 0 aliphatic carbocycles. The maximum atomic E-state index is 12.9. The van der Waals surface area contributed by atoms with Gasteiger partial charge in [0.1, 0.15) is 0 Å². The van der Waals surface area contributed by atoms with E-state index in [1.807, 2.05) is 24.3 Å². The number of halogens is 1. The number of aromatic nitrogens is 4. The highest BCUT2D eigenvalue weighted by molar-refractivity contribution is 9.10. The Hall–Kier alpha value is -3.97. The minimum atomic E-state index is -3.99. The van der Waals surface area contributed by atoms with Crippen molar-refractivity contribution in [2.75, 3.05) is 18.9 Å². The maximum Gasteiger partial charge on any atom is 0.280 e. The standard InChI is InChI=1S/C23H21BrN6O5S/c1-14-19(22(31)30(28-14)17-8-4-15(24)5-9-17)13-25-16-6-10-18(11-7-16)36(32,33)29-23-26-20(34-2)12-21(27-23)35-3/h4-13,28H,1-3H3,(H,26,27,29). The minimum absolute atomic E-state index is 0.0257. The lowest BCUT2D eigenvalue weighted by atomic mass is 10.2. The normalized spacial score (nSPS) is 11.6. The zero-order chi connectivity index (χ0) is 25.9. The van der Waals surface area contributed by atoms with E-state index in [-0.39, 0.29) is 28.2 Å². The van der Waals surface area contributed by atoms with Gasteiger partial charge < -0.3 is 9.47 Å². The van der Waals surface area contributed by atoms with E-state index in [4.69, 9.17) is 9.47 Å². The topological polar surface area (TPSA) is 141 Å². The summed E-state index contributed by atoms with van der Waals surface area (Å²) in [4.78, 5) is 25.1. The number of benzene rings is 2.